The number of aromatic nitrogens is 1. The Morgan fingerprint density at radius 1 is 1.19 bits per heavy atom. The van der Waals surface area contributed by atoms with Gasteiger partial charge < -0.3 is 19.9 Å². The zero-order chi connectivity index (χ0) is 22.7. The topological polar surface area (TPSA) is 118 Å². The highest BCUT2D eigenvalue weighted by Gasteiger charge is 2.35. The van der Waals surface area contributed by atoms with Gasteiger partial charge >= 0.3 is 0 Å². The second-order valence-corrected chi connectivity index (χ2v) is 7.91. The van der Waals surface area contributed by atoms with Crippen LogP contribution >= 0.6 is 0 Å². The minimum atomic E-state index is -0.612. The Labute approximate surface area is 185 Å². The van der Waals surface area contributed by atoms with Crippen LogP contribution in [0.2, 0.25) is 0 Å². The molecule has 10 heteroatoms. The average molecular weight is 439 g/mol. The maximum atomic E-state index is 13.0. The third-order valence-corrected chi connectivity index (χ3v) is 5.83. The van der Waals surface area contributed by atoms with Crippen molar-refractivity contribution >= 4 is 29.0 Å². The molecular weight excluding hydrogens is 414 g/mol. The number of morpholine rings is 1. The number of carbonyl (C=O) groups is 2. The zero-order valence-corrected chi connectivity index (χ0v) is 17.8. The van der Waals surface area contributed by atoms with Crippen LogP contribution in [0.1, 0.15) is 28.8 Å². The first kappa shape index (κ1) is 21.7. The lowest BCUT2D eigenvalue weighted by Crippen LogP contribution is -2.43. The quantitative estimate of drug-likeness (QED) is 0.561. The third kappa shape index (κ3) is 4.54. The van der Waals surface area contributed by atoms with E-state index in [1.807, 2.05) is 6.07 Å². The van der Waals surface area contributed by atoms with E-state index in [0.29, 0.717) is 49.5 Å². The molecule has 1 N–H and O–H groups in total. The van der Waals surface area contributed by atoms with Gasteiger partial charge in [-0.15, -0.1) is 0 Å². The van der Waals surface area contributed by atoms with Gasteiger partial charge in [0.2, 0.25) is 5.91 Å². The molecule has 2 saturated heterocycles. The van der Waals surface area contributed by atoms with Crippen molar-refractivity contribution in [2.75, 3.05) is 43.1 Å². The molecule has 10 nitrogen and oxygen atoms in total. The molecule has 0 saturated carbocycles. The molecule has 1 unspecified atom stereocenters. The maximum absolute atomic E-state index is 13.0. The van der Waals surface area contributed by atoms with E-state index in [2.05, 4.69) is 15.2 Å². The Morgan fingerprint density at radius 3 is 2.62 bits per heavy atom. The summed E-state index contributed by atoms with van der Waals surface area (Å²) in [5.41, 5.74) is 1.67. The van der Waals surface area contributed by atoms with E-state index in [1.54, 1.807) is 19.2 Å². The number of aryl methyl sites for hydroxylation is 1. The summed E-state index contributed by atoms with van der Waals surface area (Å²) in [6.45, 7) is 5.01. The lowest BCUT2D eigenvalue weighted by atomic mass is 10.1. The van der Waals surface area contributed by atoms with Gasteiger partial charge in [0.1, 0.15) is 11.9 Å². The standard InChI is InChI=1S/C22H25N5O5/c1-15-13-16(4-6-18(15)27(30)31)22(29)26-8-2-3-19(26)21(28)24-20-7-5-17(14-23-20)25-9-11-32-12-10-25/h4-7,13-14,19H,2-3,8-12H2,1H3,(H,23,24,28). The normalized spacial score (nSPS) is 18.5. The molecule has 0 radical (unpaired) electrons. The predicted molar refractivity (Wildman–Crippen MR) is 118 cm³/mol. The van der Waals surface area contributed by atoms with Gasteiger partial charge in [-0.25, -0.2) is 4.98 Å². The number of hydrogen-bond acceptors (Lipinski definition) is 7. The largest absolute Gasteiger partial charge is 0.378 e. The summed E-state index contributed by atoms with van der Waals surface area (Å²) < 4.78 is 5.36. The number of likely N-dealkylation sites (tertiary alicyclic amines) is 1. The molecule has 3 heterocycles. The second kappa shape index (κ2) is 9.31. The molecule has 2 aliphatic heterocycles. The number of amides is 2. The Kier molecular flexibility index (Phi) is 6.31. The van der Waals surface area contributed by atoms with Crippen molar-refractivity contribution in [1.82, 2.24) is 9.88 Å². The van der Waals surface area contributed by atoms with Gasteiger partial charge in [0.25, 0.3) is 11.6 Å². The van der Waals surface area contributed by atoms with Crippen molar-refractivity contribution < 1.29 is 19.2 Å². The van der Waals surface area contributed by atoms with Crippen LogP contribution in [0.5, 0.6) is 0 Å². The van der Waals surface area contributed by atoms with Crippen molar-refractivity contribution in [3.8, 4) is 0 Å². The van der Waals surface area contributed by atoms with E-state index in [0.717, 1.165) is 18.8 Å². The van der Waals surface area contributed by atoms with E-state index < -0.39 is 11.0 Å². The lowest BCUT2D eigenvalue weighted by molar-refractivity contribution is -0.385. The summed E-state index contributed by atoms with van der Waals surface area (Å²) in [5, 5.41) is 13.8. The van der Waals surface area contributed by atoms with Crippen LogP contribution in [0.25, 0.3) is 0 Å². The van der Waals surface area contributed by atoms with Crippen molar-refractivity contribution in [2.24, 2.45) is 0 Å². The molecule has 1 aromatic carbocycles. The smallest absolute Gasteiger partial charge is 0.272 e. The Bertz CT molecular complexity index is 1020. The molecule has 0 aliphatic carbocycles. The average Bonchev–Trinajstić information content (AvgIpc) is 3.29. The predicted octanol–water partition coefficient (Wildman–Crippen LogP) is 2.38. The fraction of sp³-hybridized carbons (Fsp3) is 0.409. The van der Waals surface area contributed by atoms with E-state index in [9.17, 15) is 19.7 Å². The van der Waals surface area contributed by atoms with Gasteiger partial charge in [-0.2, -0.15) is 0 Å². The molecule has 2 amide bonds. The van der Waals surface area contributed by atoms with Crippen LogP contribution in [0.4, 0.5) is 17.2 Å². The molecule has 2 aliphatic rings. The van der Waals surface area contributed by atoms with Gasteiger partial charge in [-0.1, -0.05) is 0 Å². The monoisotopic (exact) mass is 439 g/mol. The first-order chi connectivity index (χ1) is 15.4. The summed E-state index contributed by atoms with van der Waals surface area (Å²) in [7, 11) is 0. The van der Waals surface area contributed by atoms with Crippen molar-refractivity contribution in [1.29, 1.82) is 0 Å². The molecule has 32 heavy (non-hydrogen) atoms. The van der Waals surface area contributed by atoms with Gasteiger partial charge in [0.05, 0.1) is 30.0 Å². The first-order valence-corrected chi connectivity index (χ1v) is 10.6. The van der Waals surface area contributed by atoms with Gasteiger partial charge in [-0.3, -0.25) is 19.7 Å². The second-order valence-electron chi connectivity index (χ2n) is 7.91. The third-order valence-electron chi connectivity index (χ3n) is 5.83. The lowest BCUT2D eigenvalue weighted by Gasteiger charge is -2.28. The fourth-order valence-corrected chi connectivity index (χ4v) is 4.12. The van der Waals surface area contributed by atoms with Crippen LogP contribution in [-0.4, -0.2) is 65.5 Å². The minimum absolute atomic E-state index is 0.0381. The molecule has 0 bridgehead atoms. The van der Waals surface area contributed by atoms with Crippen LogP contribution in [0, 0.1) is 17.0 Å². The van der Waals surface area contributed by atoms with Crippen LogP contribution in [-0.2, 0) is 9.53 Å². The van der Waals surface area contributed by atoms with Gasteiger partial charge in [-0.05, 0) is 44.0 Å². The summed E-state index contributed by atoms with van der Waals surface area (Å²) in [6.07, 6.45) is 2.98. The number of nitro benzene ring substituents is 1. The first-order valence-electron chi connectivity index (χ1n) is 10.6. The van der Waals surface area contributed by atoms with Crippen molar-refractivity contribution in [3.63, 3.8) is 0 Å². The van der Waals surface area contributed by atoms with Gasteiger partial charge in [0.15, 0.2) is 0 Å². The molecule has 1 atom stereocenters. The summed E-state index contributed by atoms with van der Waals surface area (Å²) >= 11 is 0. The van der Waals surface area contributed by atoms with Crippen LogP contribution in [0.15, 0.2) is 36.5 Å². The Balaban J connectivity index is 1.42. The molecule has 2 fully saturated rings. The molecule has 1 aromatic heterocycles. The van der Waals surface area contributed by atoms with Crippen LogP contribution < -0.4 is 10.2 Å². The number of nitro groups is 1. The number of pyridine rings is 1. The number of rotatable bonds is 5. The number of nitrogens with one attached hydrogen (secondary N) is 1. The van der Waals surface area contributed by atoms with E-state index in [-0.39, 0.29) is 17.5 Å². The molecule has 0 spiro atoms. The fourth-order valence-electron chi connectivity index (χ4n) is 4.12. The number of nitrogens with zero attached hydrogens (tertiary/aromatic N) is 4. The number of hydrogen-bond donors (Lipinski definition) is 1. The molecule has 2 aromatic rings. The number of carbonyl (C=O) groups excluding carboxylic acids is 2. The summed E-state index contributed by atoms with van der Waals surface area (Å²) in [4.78, 5) is 44.5. The number of ether oxygens (including phenoxy) is 1. The zero-order valence-electron chi connectivity index (χ0n) is 17.8. The van der Waals surface area contributed by atoms with Crippen molar-refractivity contribution in [3.05, 3.63) is 57.8 Å². The molecular formula is C22H25N5O5. The van der Waals surface area contributed by atoms with Crippen LogP contribution in [0.3, 0.4) is 0 Å². The Morgan fingerprint density at radius 2 is 1.97 bits per heavy atom. The van der Waals surface area contributed by atoms with Gasteiger partial charge in [0, 0.05) is 36.8 Å². The van der Waals surface area contributed by atoms with E-state index >= 15 is 0 Å². The van der Waals surface area contributed by atoms with E-state index in [4.69, 9.17) is 4.74 Å². The minimum Gasteiger partial charge on any atom is -0.378 e. The van der Waals surface area contributed by atoms with Crippen molar-refractivity contribution in [2.45, 2.75) is 25.8 Å². The Hall–Kier alpha value is -3.53. The highest BCUT2D eigenvalue weighted by molar-refractivity contribution is 6.01. The molecule has 168 valence electrons. The molecule has 4 rings (SSSR count). The SMILES string of the molecule is Cc1cc(C(=O)N2CCCC2C(=O)Nc2ccc(N3CCOCC3)cn2)ccc1[N+](=O)[O-]. The highest BCUT2D eigenvalue weighted by atomic mass is 16.6. The number of benzene rings is 1. The maximum Gasteiger partial charge on any atom is 0.272 e. The number of anilines is 2. The van der Waals surface area contributed by atoms with E-state index in [1.165, 1.54) is 23.1 Å². The summed E-state index contributed by atoms with van der Waals surface area (Å²) in [5.74, 6) is -0.171. The summed E-state index contributed by atoms with van der Waals surface area (Å²) in [6, 6.07) is 7.31. The highest BCUT2D eigenvalue weighted by Crippen LogP contribution is 2.25.